The van der Waals surface area contributed by atoms with Gasteiger partial charge < -0.3 is 5.32 Å². The average Bonchev–Trinajstić information content (AvgIpc) is 2.69. The van der Waals surface area contributed by atoms with Crippen LogP contribution < -0.4 is 5.32 Å². The van der Waals surface area contributed by atoms with Crippen LogP contribution in [0, 0.1) is 0 Å². The fourth-order valence-corrected chi connectivity index (χ4v) is 3.55. The molecule has 128 valence electrons. The normalized spacial score (nSPS) is 16.8. The van der Waals surface area contributed by atoms with Gasteiger partial charge in [-0.1, -0.05) is 31.2 Å². The minimum absolute atomic E-state index is 0.158. The fraction of sp³-hybridized carbons (Fsp3) is 0.333. The van der Waals surface area contributed by atoms with Crippen molar-refractivity contribution in [3.8, 4) is 0 Å². The Morgan fingerprint density at radius 3 is 2.64 bits per heavy atom. The van der Waals surface area contributed by atoms with Crippen molar-refractivity contribution in [3.63, 3.8) is 0 Å². The molecule has 1 unspecified atom stereocenters. The minimum Gasteiger partial charge on any atom is -0.314 e. The van der Waals surface area contributed by atoms with E-state index in [1.807, 2.05) is 18.5 Å². The van der Waals surface area contributed by atoms with Crippen molar-refractivity contribution in [2.45, 2.75) is 19.4 Å². The lowest BCUT2D eigenvalue weighted by Gasteiger charge is -2.34. The van der Waals surface area contributed by atoms with Gasteiger partial charge in [0, 0.05) is 44.0 Å². The zero-order valence-electron chi connectivity index (χ0n) is 14.7. The number of nitrogens with zero attached hydrogens (tertiary/aromatic N) is 3. The van der Waals surface area contributed by atoms with Crippen LogP contribution in [0.15, 0.2) is 54.9 Å². The Kier molecular flexibility index (Phi) is 4.72. The number of nitrogens with one attached hydrogen (secondary N) is 1. The molecular weight excluding hydrogens is 308 g/mol. The highest BCUT2D eigenvalue weighted by Gasteiger charge is 2.25. The van der Waals surface area contributed by atoms with E-state index in [1.165, 1.54) is 16.5 Å². The van der Waals surface area contributed by atoms with E-state index in [2.05, 4.69) is 58.5 Å². The molecule has 1 atom stereocenters. The van der Waals surface area contributed by atoms with E-state index in [4.69, 9.17) is 4.98 Å². The predicted molar refractivity (Wildman–Crippen MR) is 102 cm³/mol. The van der Waals surface area contributed by atoms with Crippen molar-refractivity contribution in [2.24, 2.45) is 0 Å². The van der Waals surface area contributed by atoms with Crippen molar-refractivity contribution in [2.75, 3.05) is 26.2 Å². The van der Waals surface area contributed by atoms with Crippen LogP contribution in [0.5, 0.6) is 0 Å². The number of hydrogen-bond acceptors (Lipinski definition) is 4. The minimum atomic E-state index is 0.158. The van der Waals surface area contributed by atoms with Crippen LogP contribution in [0.3, 0.4) is 0 Å². The molecule has 4 nitrogen and oxygen atoms in total. The van der Waals surface area contributed by atoms with Gasteiger partial charge in [0.2, 0.25) is 0 Å². The van der Waals surface area contributed by atoms with E-state index in [9.17, 15) is 0 Å². The number of piperazine rings is 1. The third kappa shape index (κ3) is 3.41. The van der Waals surface area contributed by atoms with Crippen LogP contribution in [-0.2, 0) is 6.42 Å². The molecule has 1 N–H and O–H groups in total. The van der Waals surface area contributed by atoms with E-state index in [0.29, 0.717) is 0 Å². The van der Waals surface area contributed by atoms with E-state index in [-0.39, 0.29) is 6.04 Å². The van der Waals surface area contributed by atoms with Crippen molar-refractivity contribution >= 4 is 10.9 Å². The zero-order chi connectivity index (χ0) is 17.1. The molecule has 0 saturated carbocycles. The third-order valence-electron chi connectivity index (χ3n) is 4.98. The first-order valence-corrected chi connectivity index (χ1v) is 9.09. The summed E-state index contributed by atoms with van der Waals surface area (Å²) in [6.07, 6.45) is 5.05. The van der Waals surface area contributed by atoms with Crippen molar-refractivity contribution in [1.82, 2.24) is 20.2 Å². The molecule has 0 bridgehead atoms. The molecule has 1 saturated heterocycles. The molecule has 1 fully saturated rings. The SMILES string of the molecule is CCc1ccc(C(c2cnc3ccccc3c2)N2CCNCC2)nc1. The highest BCUT2D eigenvalue weighted by Crippen LogP contribution is 2.29. The van der Waals surface area contributed by atoms with Gasteiger partial charge in [0.15, 0.2) is 0 Å². The maximum atomic E-state index is 4.79. The summed E-state index contributed by atoms with van der Waals surface area (Å²) in [5.41, 5.74) is 4.65. The van der Waals surface area contributed by atoms with Crippen LogP contribution in [-0.4, -0.2) is 41.0 Å². The van der Waals surface area contributed by atoms with Gasteiger partial charge in [0.05, 0.1) is 17.3 Å². The zero-order valence-corrected chi connectivity index (χ0v) is 14.7. The highest BCUT2D eigenvalue weighted by molar-refractivity contribution is 5.78. The maximum Gasteiger partial charge on any atom is 0.0792 e. The largest absolute Gasteiger partial charge is 0.314 e. The number of aryl methyl sites for hydroxylation is 1. The summed E-state index contributed by atoms with van der Waals surface area (Å²) in [5, 5.41) is 4.63. The second kappa shape index (κ2) is 7.30. The summed E-state index contributed by atoms with van der Waals surface area (Å²) in [4.78, 5) is 12.0. The quantitative estimate of drug-likeness (QED) is 0.797. The van der Waals surface area contributed by atoms with Gasteiger partial charge in [-0.15, -0.1) is 0 Å². The first-order chi connectivity index (χ1) is 12.3. The van der Waals surface area contributed by atoms with Gasteiger partial charge in [0.25, 0.3) is 0 Å². The molecule has 4 heteroatoms. The fourth-order valence-electron chi connectivity index (χ4n) is 3.55. The van der Waals surface area contributed by atoms with Gasteiger partial charge in [-0.3, -0.25) is 14.9 Å². The monoisotopic (exact) mass is 332 g/mol. The van der Waals surface area contributed by atoms with Crippen molar-refractivity contribution in [1.29, 1.82) is 0 Å². The molecule has 0 spiro atoms. The number of hydrogen-bond donors (Lipinski definition) is 1. The molecule has 1 aliphatic heterocycles. The Morgan fingerprint density at radius 2 is 1.88 bits per heavy atom. The molecule has 0 amide bonds. The average molecular weight is 332 g/mol. The molecule has 4 rings (SSSR count). The Labute approximate surface area is 148 Å². The van der Waals surface area contributed by atoms with Gasteiger partial charge >= 0.3 is 0 Å². The lowest BCUT2D eigenvalue weighted by molar-refractivity contribution is 0.195. The lowest BCUT2D eigenvalue weighted by atomic mass is 10.00. The van der Waals surface area contributed by atoms with E-state index in [1.54, 1.807) is 0 Å². The molecular formula is C21H24N4. The van der Waals surface area contributed by atoms with Crippen LogP contribution in [0.2, 0.25) is 0 Å². The summed E-state index contributed by atoms with van der Waals surface area (Å²) in [7, 11) is 0. The van der Waals surface area contributed by atoms with Crippen LogP contribution in [0.1, 0.15) is 29.8 Å². The Balaban J connectivity index is 1.77. The number of pyridine rings is 2. The Morgan fingerprint density at radius 1 is 1.04 bits per heavy atom. The second-order valence-electron chi connectivity index (χ2n) is 6.59. The summed E-state index contributed by atoms with van der Waals surface area (Å²) in [6.45, 7) is 6.25. The maximum absolute atomic E-state index is 4.79. The van der Waals surface area contributed by atoms with Crippen molar-refractivity contribution < 1.29 is 0 Å². The topological polar surface area (TPSA) is 41.1 Å². The molecule has 1 aromatic carbocycles. The van der Waals surface area contributed by atoms with Crippen molar-refractivity contribution in [3.05, 3.63) is 71.7 Å². The summed E-state index contributed by atoms with van der Waals surface area (Å²) in [5.74, 6) is 0. The number of aromatic nitrogens is 2. The first-order valence-electron chi connectivity index (χ1n) is 9.09. The highest BCUT2D eigenvalue weighted by atomic mass is 15.2. The molecule has 0 radical (unpaired) electrons. The molecule has 3 aromatic rings. The second-order valence-corrected chi connectivity index (χ2v) is 6.59. The van der Waals surface area contributed by atoms with E-state index >= 15 is 0 Å². The number of benzene rings is 1. The third-order valence-corrected chi connectivity index (χ3v) is 4.98. The number of para-hydroxylation sites is 1. The predicted octanol–water partition coefficient (Wildman–Crippen LogP) is 3.19. The van der Waals surface area contributed by atoms with E-state index < -0.39 is 0 Å². The van der Waals surface area contributed by atoms with Gasteiger partial charge in [-0.2, -0.15) is 0 Å². The van der Waals surface area contributed by atoms with Crippen LogP contribution >= 0.6 is 0 Å². The van der Waals surface area contributed by atoms with Gasteiger partial charge in [-0.25, -0.2) is 0 Å². The summed E-state index contributed by atoms with van der Waals surface area (Å²) >= 11 is 0. The standard InChI is InChI=1S/C21H24N4/c1-2-16-7-8-20(23-14-16)21(25-11-9-22-10-12-25)18-13-17-5-3-4-6-19(17)24-15-18/h3-8,13-15,21-22H,2,9-12H2,1H3. The molecule has 2 aromatic heterocycles. The van der Waals surface area contributed by atoms with Gasteiger partial charge in [-0.05, 0) is 35.7 Å². The Hall–Kier alpha value is -2.30. The lowest BCUT2D eigenvalue weighted by Crippen LogP contribution is -2.45. The Bertz CT molecular complexity index is 838. The summed E-state index contributed by atoms with van der Waals surface area (Å²) in [6, 6.07) is 15.1. The molecule has 1 aliphatic rings. The summed E-state index contributed by atoms with van der Waals surface area (Å²) < 4.78 is 0. The van der Waals surface area contributed by atoms with Crippen LogP contribution in [0.4, 0.5) is 0 Å². The first kappa shape index (κ1) is 16.2. The molecule has 3 heterocycles. The number of fused-ring (bicyclic) bond motifs is 1. The smallest absolute Gasteiger partial charge is 0.0792 e. The molecule has 25 heavy (non-hydrogen) atoms. The molecule has 0 aliphatic carbocycles. The van der Waals surface area contributed by atoms with Crippen LogP contribution in [0.25, 0.3) is 10.9 Å². The van der Waals surface area contributed by atoms with E-state index in [0.717, 1.165) is 43.8 Å². The number of rotatable bonds is 4. The van der Waals surface area contributed by atoms with Gasteiger partial charge in [0.1, 0.15) is 0 Å².